The van der Waals surface area contributed by atoms with Crippen molar-refractivity contribution in [3.05, 3.63) is 30.3 Å². The molecule has 7 heteroatoms. The third-order valence-electron chi connectivity index (χ3n) is 4.43. The van der Waals surface area contributed by atoms with Crippen molar-refractivity contribution in [3.8, 4) is 6.07 Å². The highest BCUT2D eigenvalue weighted by molar-refractivity contribution is 5.97. The van der Waals surface area contributed by atoms with Crippen molar-refractivity contribution in [1.29, 1.82) is 5.26 Å². The van der Waals surface area contributed by atoms with Crippen molar-refractivity contribution in [1.82, 2.24) is 9.80 Å². The first kappa shape index (κ1) is 18.7. The molecule has 25 heavy (non-hydrogen) atoms. The van der Waals surface area contributed by atoms with E-state index in [1.165, 1.54) is 7.11 Å². The topological polar surface area (TPSA) is 76.9 Å². The van der Waals surface area contributed by atoms with Crippen LogP contribution in [0.5, 0.6) is 0 Å². The molecule has 0 aromatic heterocycles. The van der Waals surface area contributed by atoms with Crippen molar-refractivity contribution >= 4 is 17.7 Å². The highest BCUT2D eigenvalue weighted by Gasteiger charge is 2.30. The summed E-state index contributed by atoms with van der Waals surface area (Å²) in [6.45, 7) is 4.54. The van der Waals surface area contributed by atoms with E-state index in [-0.39, 0.29) is 24.5 Å². The van der Waals surface area contributed by atoms with E-state index in [1.807, 2.05) is 37.3 Å². The van der Waals surface area contributed by atoms with E-state index in [2.05, 4.69) is 11.0 Å². The zero-order valence-electron chi connectivity index (χ0n) is 14.7. The van der Waals surface area contributed by atoms with E-state index < -0.39 is 0 Å². The van der Waals surface area contributed by atoms with Gasteiger partial charge in [-0.2, -0.15) is 5.26 Å². The first-order valence-electron chi connectivity index (χ1n) is 8.38. The summed E-state index contributed by atoms with van der Waals surface area (Å²) in [6, 6.07) is 11.2. The van der Waals surface area contributed by atoms with Crippen LogP contribution in [-0.2, 0) is 9.53 Å². The summed E-state index contributed by atoms with van der Waals surface area (Å²) in [5.41, 5.74) is 0.794. The van der Waals surface area contributed by atoms with E-state index in [1.54, 1.807) is 9.80 Å². The minimum Gasteiger partial charge on any atom is -0.453 e. The lowest BCUT2D eigenvalue weighted by Gasteiger charge is -2.38. The zero-order valence-corrected chi connectivity index (χ0v) is 14.7. The van der Waals surface area contributed by atoms with Gasteiger partial charge in [0.2, 0.25) is 5.91 Å². The van der Waals surface area contributed by atoms with Crippen molar-refractivity contribution < 1.29 is 14.3 Å². The molecular formula is C18H24N4O3. The van der Waals surface area contributed by atoms with Crippen LogP contribution in [0.1, 0.15) is 13.3 Å². The number of hydrogen-bond acceptors (Lipinski definition) is 5. The van der Waals surface area contributed by atoms with Crippen LogP contribution in [0.15, 0.2) is 30.3 Å². The largest absolute Gasteiger partial charge is 0.453 e. The van der Waals surface area contributed by atoms with Gasteiger partial charge in [0.15, 0.2) is 0 Å². The molecule has 1 fully saturated rings. The van der Waals surface area contributed by atoms with Crippen LogP contribution in [0.4, 0.5) is 10.5 Å². The zero-order chi connectivity index (χ0) is 18.2. The Morgan fingerprint density at radius 1 is 1.24 bits per heavy atom. The molecule has 2 rings (SSSR count). The lowest BCUT2D eigenvalue weighted by atomic mass is 10.1. The van der Waals surface area contributed by atoms with E-state index in [0.717, 1.165) is 5.69 Å². The maximum Gasteiger partial charge on any atom is 0.409 e. The molecule has 0 N–H and O–H groups in total. The fraction of sp³-hybridized carbons (Fsp3) is 0.500. The molecule has 2 amide bonds. The third kappa shape index (κ3) is 4.70. The summed E-state index contributed by atoms with van der Waals surface area (Å²) < 4.78 is 4.74. The van der Waals surface area contributed by atoms with Crippen molar-refractivity contribution in [2.24, 2.45) is 0 Å². The summed E-state index contributed by atoms with van der Waals surface area (Å²) in [4.78, 5) is 29.9. The van der Waals surface area contributed by atoms with Gasteiger partial charge < -0.3 is 14.5 Å². The number of rotatable bonds is 5. The van der Waals surface area contributed by atoms with Gasteiger partial charge in [0.05, 0.1) is 25.6 Å². The first-order chi connectivity index (χ1) is 12.1. The predicted octanol–water partition coefficient (Wildman–Crippen LogP) is 1.71. The number of carbonyl (C=O) groups excluding carboxylic acids is 2. The molecule has 1 aliphatic heterocycles. The number of anilines is 1. The van der Waals surface area contributed by atoms with Crippen LogP contribution >= 0.6 is 0 Å². The summed E-state index contributed by atoms with van der Waals surface area (Å²) in [7, 11) is 1.37. The van der Waals surface area contributed by atoms with Gasteiger partial charge in [-0.3, -0.25) is 9.69 Å². The smallest absolute Gasteiger partial charge is 0.409 e. The molecule has 0 aliphatic carbocycles. The quantitative estimate of drug-likeness (QED) is 0.813. The Balaban J connectivity index is 2.04. The predicted molar refractivity (Wildman–Crippen MR) is 94.0 cm³/mol. The second kappa shape index (κ2) is 9.04. The number of carbonyl (C=O) groups is 2. The lowest BCUT2D eigenvalue weighted by molar-refractivity contribution is -0.123. The Morgan fingerprint density at radius 2 is 1.88 bits per heavy atom. The van der Waals surface area contributed by atoms with Crippen LogP contribution in [-0.4, -0.2) is 67.7 Å². The van der Waals surface area contributed by atoms with Gasteiger partial charge in [0, 0.05) is 38.4 Å². The highest BCUT2D eigenvalue weighted by Crippen LogP contribution is 2.17. The molecule has 1 aromatic carbocycles. The second-order valence-electron chi connectivity index (χ2n) is 5.90. The van der Waals surface area contributed by atoms with Crippen LogP contribution in [0, 0.1) is 11.3 Å². The monoisotopic (exact) mass is 344 g/mol. The Morgan fingerprint density at radius 3 is 2.44 bits per heavy atom. The number of hydrogen-bond donors (Lipinski definition) is 0. The van der Waals surface area contributed by atoms with Crippen molar-refractivity contribution in [2.75, 3.05) is 44.7 Å². The molecule has 7 nitrogen and oxygen atoms in total. The number of nitriles is 1. The van der Waals surface area contributed by atoms with Gasteiger partial charge in [-0.05, 0) is 19.1 Å². The van der Waals surface area contributed by atoms with Gasteiger partial charge in [0.25, 0.3) is 0 Å². The molecule has 1 heterocycles. The third-order valence-corrected chi connectivity index (χ3v) is 4.43. The Bertz CT molecular complexity index is 621. The van der Waals surface area contributed by atoms with Crippen molar-refractivity contribution in [3.63, 3.8) is 0 Å². The average Bonchev–Trinajstić information content (AvgIpc) is 2.67. The van der Waals surface area contributed by atoms with Crippen LogP contribution < -0.4 is 4.90 Å². The number of benzene rings is 1. The first-order valence-corrected chi connectivity index (χ1v) is 8.38. The van der Waals surface area contributed by atoms with E-state index >= 15 is 0 Å². The maximum absolute atomic E-state index is 13.0. The minimum absolute atomic E-state index is 0.0343. The summed E-state index contributed by atoms with van der Waals surface area (Å²) in [5.74, 6) is -0.0343. The number of para-hydroxylation sites is 1. The van der Waals surface area contributed by atoms with Gasteiger partial charge >= 0.3 is 6.09 Å². The van der Waals surface area contributed by atoms with Crippen LogP contribution in [0.3, 0.4) is 0 Å². The van der Waals surface area contributed by atoms with Gasteiger partial charge in [-0.25, -0.2) is 4.79 Å². The molecule has 1 unspecified atom stereocenters. The molecule has 1 aromatic rings. The van der Waals surface area contributed by atoms with Gasteiger partial charge in [0.1, 0.15) is 0 Å². The fourth-order valence-electron chi connectivity index (χ4n) is 2.94. The molecule has 0 radical (unpaired) electrons. The second-order valence-corrected chi connectivity index (χ2v) is 5.90. The molecule has 0 bridgehead atoms. The molecule has 1 saturated heterocycles. The van der Waals surface area contributed by atoms with Gasteiger partial charge in [-0.15, -0.1) is 0 Å². The standard InChI is InChI=1S/C18H24N4O3/c1-15(20-11-13-21(14-12-20)18(24)25-2)17(23)22(10-6-9-19)16-7-4-3-5-8-16/h3-5,7-8,15H,6,10-14H2,1-2H3. The number of amides is 2. The van der Waals surface area contributed by atoms with Gasteiger partial charge in [-0.1, -0.05) is 18.2 Å². The van der Waals surface area contributed by atoms with Crippen LogP contribution in [0.25, 0.3) is 0 Å². The molecule has 0 saturated carbocycles. The maximum atomic E-state index is 13.0. The molecule has 1 atom stereocenters. The summed E-state index contributed by atoms with van der Waals surface area (Å²) in [5, 5.41) is 8.89. The summed E-state index contributed by atoms with van der Waals surface area (Å²) in [6.07, 6.45) is -0.0534. The van der Waals surface area contributed by atoms with E-state index in [9.17, 15) is 9.59 Å². The van der Waals surface area contributed by atoms with Crippen molar-refractivity contribution in [2.45, 2.75) is 19.4 Å². The Kier molecular flexibility index (Phi) is 6.78. The molecular weight excluding hydrogens is 320 g/mol. The number of ether oxygens (including phenoxy) is 1. The van der Waals surface area contributed by atoms with E-state index in [4.69, 9.17) is 10.00 Å². The fourth-order valence-corrected chi connectivity index (χ4v) is 2.94. The molecule has 1 aliphatic rings. The molecule has 0 spiro atoms. The highest BCUT2D eigenvalue weighted by atomic mass is 16.5. The molecule has 134 valence electrons. The average molecular weight is 344 g/mol. The normalized spacial score (nSPS) is 16.0. The Labute approximate surface area is 148 Å². The Hall–Kier alpha value is -2.59. The summed E-state index contributed by atoms with van der Waals surface area (Å²) >= 11 is 0. The SMILES string of the molecule is COC(=O)N1CCN(C(C)C(=O)N(CCC#N)c2ccccc2)CC1. The van der Waals surface area contributed by atoms with E-state index in [0.29, 0.717) is 32.7 Å². The number of nitrogens with zero attached hydrogens (tertiary/aromatic N) is 4. The minimum atomic E-state index is -0.335. The number of methoxy groups -OCH3 is 1. The van der Waals surface area contributed by atoms with Crippen LogP contribution in [0.2, 0.25) is 0 Å². The lowest BCUT2D eigenvalue weighted by Crippen LogP contribution is -2.55. The number of piperazine rings is 1.